The zero-order valence-corrected chi connectivity index (χ0v) is 14.5. The van der Waals surface area contributed by atoms with E-state index in [1.165, 1.54) is 0 Å². The molecule has 5 nitrogen and oxygen atoms in total. The van der Waals surface area contributed by atoms with Gasteiger partial charge in [-0.25, -0.2) is 9.97 Å². The van der Waals surface area contributed by atoms with E-state index >= 15 is 0 Å². The van der Waals surface area contributed by atoms with Crippen LogP contribution in [0.5, 0.6) is 0 Å². The summed E-state index contributed by atoms with van der Waals surface area (Å²) in [5, 5.41) is 0. The molecule has 2 rings (SSSR count). The van der Waals surface area contributed by atoms with Crippen LogP contribution in [0.2, 0.25) is 0 Å². The highest BCUT2D eigenvalue weighted by molar-refractivity contribution is 5.73. The number of amides is 1. The third-order valence-corrected chi connectivity index (χ3v) is 4.12. The summed E-state index contributed by atoms with van der Waals surface area (Å²) in [6.45, 7) is 13.6. The van der Waals surface area contributed by atoms with E-state index in [2.05, 4.69) is 38.7 Å². The summed E-state index contributed by atoms with van der Waals surface area (Å²) in [5.74, 6) is 2.79. The predicted molar refractivity (Wildman–Crippen MR) is 89.3 cm³/mol. The summed E-state index contributed by atoms with van der Waals surface area (Å²) in [7, 11) is 0. The highest BCUT2D eigenvalue weighted by atomic mass is 16.2. The normalized spacial score (nSPS) is 16.3. The molecule has 1 amide bonds. The van der Waals surface area contributed by atoms with Crippen molar-refractivity contribution in [3.05, 3.63) is 17.6 Å². The van der Waals surface area contributed by atoms with Crippen molar-refractivity contribution < 1.29 is 4.79 Å². The molecule has 0 spiro atoms. The van der Waals surface area contributed by atoms with Gasteiger partial charge in [0.1, 0.15) is 11.6 Å². The molecule has 0 bridgehead atoms. The SMILES string of the molecule is CC(=O)N1CCCN(c2cc(C(C)C)nc(C(C)C)n2)CC1. The van der Waals surface area contributed by atoms with Gasteiger partial charge in [-0.15, -0.1) is 0 Å². The third kappa shape index (κ3) is 3.96. The van der Waals surface area contributed by atoms with Gasteiger partial charge in [0.15, 0.2) is 0 Å². The number of anilines is 1. The van der Waals surface area contributed by atoms with Gasteiger partial charge >= 0.3 is 0 Å². The Hall–Kier alpha value is -1.65. The molecule has 0 radical (unpaired) electrons. The van der Waals surface area contributed by atoms with E-state index in [1.54, 1.807) is 6.92 Å². The van der Waals surface area contributed by atoms with Crippen LogP contribution in [0.1, 0.15) is 64.4 Å². The van der Waals surface area contributed by atoms with Crippen molar-refractivity contribution in [2.45, 2.75) is 52.9 Å². The first-order chi connectivity index (χ1) is 10.4. The summed E-state index contributed by atoms with van der Waals surface area (Å²) >= 11 is 0. The predicted octanol–water partition coefficient (Wildman–Crippen LogP) is 2.78. The number of carbonyl (C=O) groups excluding carboxylic acids is 1. The molecule has 0 saturated carbocycles. The minimum absolute atomic E-state index is 0.162. The first-order valence-electron chi connectivity index (χ1n) is 8.27. The van der Waals surface area contributed by atoms with Crippen LogP contribution in [0.3, 0.4) is 0 Å². The van der Waals surface area contributed by atoms with Crippen LogP contribution in [-0.2, 0) is 4.79 Å². The molecule has 0 aromatic carbocycles. The Bertz CT molecular complexity index is 501. The van der Waals surface area contributed by atoms with Gasteiger partial charge in [0.25, 0.3) is 0 Å². The van der Waals surface area contributed by atoms with Gasteiger partial charge in [0.2, 0.25) is 5.91 Å². The summed E-state index contributed by atoms with van der Waals surface area (Å²) in [4.78, 5) is 25.2. The maximum absolute atomic E-state index is 11.6. The molecule has 1 aromatic heterocycles. The number of rotatable bonds is 3. The second kappa shape index (κ2) is 7.07. The van der Waals surface area contributed by atoms with Crippen LogP contribution in [-0.4, -0.2) is 47.0 Å². The summed E-state index contributed by atoms with van der Waals surface area (Å²) in [5.41, 5.74) is 1.10. The Balaban J connectivity index is 2.25. The average Bonchev–Trinajstić information content (AvgIpc) is 2.72. The van der Waals surface area contributed by atoms with Crippen LogP contribution in [0.4, 0.5) is 5.82 Å². The van der Waals surface area contributed by atoms with Gasteiger partial charge in [0, 0.05) is 50.8 Å². The smallest absolute Gasteiger partial charge is 0.219 e. The second-order valence-corrected chi connectivity index (χ2v) is 6.67. The highest BCUT2D eigenvalue weighted by Gasteiger charge is 2.19. The summed E-state index contributed by atoms with van der Waals surface area (Å²) in [6.07, 6.45) is 0.984. The van der Waals surface area contributed by atoms with E-state index in [9.17, 15) is 4.79 Å². The van der Waals surface area contributed by atoms with Gasteiger partial charge < -0.3 is 9.80 Å². The van der Waals surface area contributed by atoms with Crippen molar-refractivity contribution in [3.63, 3.8) is 0 Å². The minimum atomic E-state index is 0.162. The van der Waals surface area contributed by atoms with Crippen molar-refractivity contribution in [1.29, 1.82) is 0 Å². The lowest BCUT2D eigenvalue weighted by atomic mass is 10.1. The van der Waals surface area contributed by atoms with Crippen molar-refractivity contribution in [1.82, 2.24) is 14.9 Å². The monoisotopic (exact) mass is 304 g/mol. The van der Waals surface area contributed by atoms with Crippen molar-refractivity contribution in [3.8, 4) is 0 Å². The Labute approximate surface area is 133 Å². The number of hydrogen-bond donors (Lipinski definition) is 0. The first kappa shape index (κ1) is 16.7. The molecule has 0 N–H and O–H groups in total. The molecule has 0 aliphatic carbocycles. The molecule has 1 aliphatic heterocycles. The van der Waals surface area contributed by atoms with Crippen molar-refractivity contribution >= 4 is 11.7 Å². The van der Waals surface area contributed by atoms with Crippen LogP contribution in [0.15, 0.2) is 6.07 Å². The van der Waals surface area contributed by atoms with Crippen LogP contribution in [0, 0.1) is 0 Å². The van der Waals surface area contributed by atoms with E-state index in [-0.39, 0.29) is 5.91 Å². The standard InChI is InChI=1S/C17H28N4O/c1-12(2)15-11-16(19-17(18-15)13(3)4)21-8-6-7-20(9-10-21)14(5)22/h11-13H,6-10H2,1-5H3. The fraction of sp³-hybridized carbons (Fsp3) is 0.706. The maximum atomic E-state index is 11.6. The molecular weight excluding hydrogens is 276 g/mol. The molecular formula is C17H28N4O. The molecule has 22 heavy (non-hydrogen) atoms. The molecule has 5 heteroatoms. The van der Waals surface area contributed by atoms with Crippen molar-refractivity contribution in [2.24, 2.45) is 0 Å². The molecule has 0 unspecified atom stereocenters. The lowest BCUT2D eigenvalue weighted by Crippen LogP contribution is -2.34. The summed E-state index contributed by atoms with van der Waals surface area (Å²) in [6, 6.07) is 2.11. The van der Waals surface area contributed by atoms with Gasteiger partial charge in [-0.3, -0.25) is 4.79 Å². The fourth-order valence-electron chi connectivity index (χ4n) is 2.65. The molecule has 1 saturated heterocycles. The molecule has 122 valence electrons. The minimum Gasteiger partial charge on any atom is -0.355 e. The van der Waals surface area contributed by atoms with Crippen LogP contribution < -0.4 is 4.90 Å². The van der Waals surface area contributed by atoms with Gasteiger partial charge in [-0.05, 0) is 12.3 Å². The number of nitrogens with zero attached hydrogens (tertiary/aromatic N) is 4. The number of aromatic nitrogens is 2. The zero-order chi connectivity index (χ0) is 16.3. The quantitative estimate of drug-likeness (QED) is 0.861. The van der Waals surface area contributed by atoms with E-state index in [1.807, 2.05) is 4.90 Å². The van der Waals surface area contributed by atoms with Crippen LogP contribution in [0.25, 0.3) is 0 Å². The Morgan fingerprint density at radius 1 is 1.05 bits per heavy atom. The van der Waals surface area contributed by atoms with Gasteiger partial charge in [-0.1, -0.05) is 27.7 Å². The lowest BCUT2D eigenvalue weighted by molar-refractivity contribution is -0.128. The Morgan fingerprint density at radius 2 is 1.77 bits per heavy atom. The van der Waals surface area contributed by atoms with Gasteiger partial charge in [0.05, 0.1) is 0 Å². The maximum Gasteiger partial charge on any atom is 0.219 e. The van der Waals surface area contributed by atoms with Crippen molar-refractivity contribution in [2.75, 3.05) is 31.1 Å². The first-order valence-corrected chi connectivity index (χ1v) is 8.27. The Kier molecular flexibility index (Phi) is 5.37. The Morgan fingerprint density at radius 3 is 2.36 bits per heavy atom. The lowest BCUT2D eigenvalue weighted by Gasteiger charge is -2.24. The second-order valence-electron chi connectivity index (χ2n) is 6.67. The fourth-order valence-corrected chi connectivity index (χ4v) is 2.65. The number of hydrogen-bond acceptors (Lipinski definition) is 4. The van der Waals surface area contributed by atoms with E-state index in [0.717, 1.165) is 49.9 Å². The molecule has 1 aliphatic rings. The largest absolute Gasteiger partial charge is 0.355 e. The third-order valence-electron chi connectivity index (χ3n) is 4.12. The molecule has 0 atom stereocenters. The van der Waals surface area contributed by atoms with E-state index < -0.39 is 0 Å². The zero-order valence-electron chi connectivity index (χ0n) is 14.5. The summed E-state index contributed by atoms with van der Waals surface area (Å²) < 4.78 is 0. The topological polar surface area (TPSA) is 49.3 Å². The average molecular weight is 304 g/mol. The van der Waals surface area contributed by atoms with Gasteiger partial charge in [-0.2, -0.15) is 0 Å². The van der Waals surface area contributed by atoms with E-state index in [4.69, 9.17) is 9.97 Å². The highest BCUT2D eigenvalue weighted by Crippen LogP contribution is 2.22. The van der Waals surface area contributed by atoms with E-state index in [0.29, 0.717) is 11.8 Å². The molecule has 1 aromatic rings. The molecule has 2 heterocycles. The molecule has 1 fully saturated rings. The van der Waals surface area contributed by atoms with Crippen LogP contribution >= 0.6 is 0 Å². The number of carbonyl (C=O) groups is 1.